The number of Topliss-reactive ketones (excluding diaryl/α,β-unsaturated/α-hetero) is 1. The molecule has 0 aromatic heterocycles. The van der Waals surface area contributed by atoms with Crippen LogP contribution in [0.15, 0.2) is 72.3 Å². The number of non-ortho nitro benzene ring substituents is 1. The smallest absolute Gasteiger partial charge is 0.300 e. The first-order valence-electron chi connectivity index (χ1n) is 11.0. The fourth-order valence-electron chi connectivity index (χ4n) is 4.17. The highest BCUT2D eigenvalue weighted by Crippen LogP contribution is 2.45. The number of hydrogen-bond donors (Lipinski definition) is 2. The predicted octanol–water partition coefficient (Wildman–Crippen LogP) is 5.88. The van der Waals surface area contributed by atoms with Crippen LogP contribution in [0.2, 0.25) is 5.02 Å². The molecule has 0 aliphatic carbocycles. The molecule has 0 spiro atoms. The zero-order valence-electron chi connectivity index (χ0n) is 19.7. The number of nitrogens with zero attached hydrogens (tertiary/aromatic N) is 2. The molecule has 1 saturated heterocycles. The van der Waals surface area contributed by atoms with E-state index in [0.717, 1.165) is 16.5 Å². The van der Waals surface area contributed by atoms with Gasteiger partial charge in [-0.05, 0) is 34.7 Å². The minimum atomic E-state index is -1.12. The summed E-state index contributed by atoms with van der Waals surface area (Å²) >= 11 is 6.13. The number of rotatable bonds is 4. The van der Waals surface area contributed by atoms with Gasteiger partial charge in [-0.25, -0.2) is 0 Å². The number of phenols is 1. The Kier molecular flexibility index (Phi) is 6.32. The maximum absolute atomic E-state index is 13.3. The van der Waals surface area contributed by atoms with Crippen LogP contribution in [-0.2, 0) is 15.0 Å². The number of halogens is 1. The summed E-state index contributed by atoms with van der Waals surface area (Å²) in [5.41, 5.74) is 0.798. The number of ketones is 1. The molecule has 3 aromatic carbocycles. The first-order valence-corrected chi connectivity index (χ1v) is 11.4. The van der Waals surface area contributed by atoms with Gasteiger partial charge in [-0.3, -0.25) is 24.6 Å². The summed E-state index contributed by atoms with van der Waals surface area (Å²) in [7, 11) is 0. The largest absolute Gasteiger partial charge is 0.507 e. The van der Waals surface area contributed by atoms with E-state index in [9.17, 15) is 29.9 Å². The van der Waals surface area contributed by atoms with Gasteiger partial charge in [0.2, 0.25) is 0 Å². The normalized spacial score (nSPS) is 17.4. The number of benzene rings is 3. The van der Waals surface area contributed by atoms with E-state index >= 15 is 0 Å². The lowest BCUT2D eigenvalue weighted by atomic mass is 9.85. The van der Waals surface area contributed by atoms with E-state index < -0.39 is 28.4 Å². The molecule has 1 amide bonds. The minimum Gasteiger partial charge on any atom is -0.507 e. The molecule has 184 valence electrons. The average molecular weight is 507 g/mol. The first-order chi connectivity index (χ1) is 16.9. The zero-order valence-corrected chi connectivity index (χ0v) is 20.5. The Hall–Kier alpha value is -4.17. The average Bonchev–Trinajstić information content (AvgIpc) is 3.10. The molecule has 0 saturated carbocycles. The van der Waals surface area contributed by atoms with Crippen LogP contribution in [-0.4, -0.2) is 26.8 Å². The van der Waals surface area contributed by atoms with Crippen LogP contribution >= 0.6 is 11.6 Å². The van der Waals surface area contributed by atoms with Crippen molar-refractivity contribution in [1.29, 1.82) is 0 Å². The van der Waals surface area contributed by atoms with Crippen LogP contribution in [0, 0.1) is 10.1 Å². The molecule has 3 aromatic rings. The monoisotopic (exact) mass is 506 g/mol. The van der Waals surface area contributed by atoms with Crippen molar-refractivity contribution in [1.82, 2.24) is 0 Å². The number of aromatic hydroxyl groups is 1. The van der Waals surface area contributed by atoms with E-state index in [4.69, 9.17) is 11.6 Å². The fraction of sp³-hybridized carbons (Fsp3) is 0.185. The number of carbonyl (C=O) groups is 2. The van der Waals surface area contributed by atoms with Gasteiger partial charge in [0, 0.05) is 22.7 Å². The molecule has 1 fully saturated rings. The quantitative estimate of drug-likeness (QED) is 0.150. The SMILES string of the molecule is CC(C)(C)c1ccc(C2/C(=C(/O)c3cccc([N+](=O)[O-])c3)C(=O)C(=O)N2c2cc(Cl)ccc2O)cc1. The molecule has 1 heterocycles. The maximum atomic E-state index is 13.3. The third-order valence-corrected chi connectivity index (χ3v) is 6.30. The number of hydrogen-bond acceptors (Lipinski definition) is 6. The molecule has 1 aliphatic heterocycles. The number of nitro benzene ring substituents is 1. The second-order valence-electron chi connectivity index (χ2n) is 9.48. The first kappa shape index (κ1) is 24.9. The zero-order chi connectivity index (χ0) is 26.4. The van der Waals surface area contributed by atoms with Gasteiger partial charge in [0.15, 0.2) is 0 Å². The second kappa shape index (κ2) is 9.13. The summed E-state index contributed by atoms with van der Waals surface area (Å²) in [6, 6.07) is 15.3. The molecule has 1 aliphatic rings. The number of aliphatic hydroxyl groups is 1. The minimum absolute atomic E-state index is 0.00686. The molecular formula is C27H23ClN2O6. The van der Waals surface area contributed by atoms with Gasteiger partial charge in [0.1, 0.15) is 11.5 Å². The third-order valence-electron chi connectivity index (χ3n) is 6.06. The van der Waals surface area contributed by atoms with Crippen molar-refractivity contribution in [2.45, 2.75) is 32.2 Å². The van der Waals surface area contributed by atoms with E-state index in [1.54, 1.807) is 12.1 Å². The van der Waals surface area contributed by atoms with Gasteiger partial charge in [-0.15, -0.1) is 0 Å². The summed E-state index contributed by atoms with van der Waals surface area (Å²) in [6.07, 6.45) is 0. The molecule has 36 heavy (non-hydrogen) atoms. The number of anilines is 1. The van der Waals surface area contributed by atoms with Crippen molar-refractivity contribution in [2.24, 2.45) is 0 Å². The summed E-state index contributed by atoms with van der Waals surface area (Å²) in [6.45, 7) is 6.13. The van der Waals surface area contributed by atoms with Crippen molar-refractivity contribution in [3.8, 4) is 5.75 Å². The van der Waals surface area contributed by atoms with Gasteiger partial charge in [-0.1, -0.05) is 68.8 Å². The molecule has 0 bridgehead atoms. The van der Waals surface area contributed by atoms with Crippen LogP contribution in [0.5, 0.6) is 5.75 Å². The number of amides is 1. The third kappa shape index (κ3) is 4.43. The predicted molar refractivity (Wildman–Crippen MR) is 136 cm³/mol. The lowest BCUT2D eigenvalue weighted by molar-refractivity contribution is -0.384. The second-order valence-corrected chi connectivity index (χ2v) is 9.92. The van der Waals surface area contributed by atoms with Gasteiger partial charge < -0.3 is 10.2 Å². The maximum Gasteiger partial charge on any atom is 0.300 e. The summed E-state index contributed by atoms with van der Waals surface area (Å²) < 4.78 is 0. The topological polar surface area (TPSA) is 121 Å². The van der Waals surface area contributed by atoms with E-state index in [2.05, 4.69) is 0 Å². The van der Waals surface area contributed by atoms with Crippen LogP contribution in [0.25, 0.3) is 5.76 Å². The molecule has 9 heteroatoms. The Bertz CT molecular complexity index is 1420. The molecular weight excluding hydrogens is 484 g/mol. The standard InChI is InChI=1S/C27H23ClN2O6/c1-27(2,3)17-9-7-15(8-10-17)23-22(24(32)16-5-4-6-19(13-16)30(35)36)25(33)26(34)29(23)20-14-18(28)11-12-21(20)31/h4-14,23,31-32H,1-3H3/b24-22-. The van der Waals surface area contributed by atoms with E-state index in [1.807, 2.05) is 32.9 Å². The number of aliphatic hydroxyl groups excluding tert-OH is 1. The summed E-state index contributed by atoms with van der Waals surface area (Å²) in [5.74, 6) is -2.83. The number of nitro groups is 1. The summed E-state index contributed by atoms with van der Waals surface area (Å²) in [4.78, 5) is 38.3. The molecule has 1 atom stereocenters. The molecule has 8 nitrogen and oxygen atoms in total. The van der Waals surface area contributed by atoms with Gasteiger partial charge in [0.25, 0.3) is 17.4 Å². The van der Waals surface area contributed by atoms with Crippen molar-refractivity contribution >= 4 is 40.4 Å². The van der Waals surface area contributed by atoms with E-state index in [0.29, 0.717) is 5.56 Å². The summed E-state index contributed by atoms with van der Waals surface area (Å²) in [5, 5.41) is 33.2. The lowest BCUT2D eigenvalue weighted by Crippen LogP contribution is -2.29. The van der Waals surface area contributed by atoms with Gasteiger partial charge in [0.05, 0.1) is 22.2 Å². The Morgan fingerprint density at radius 2 is 1.69 bits per heavy atom. The number of carbonyl (C=O) groups excluding carboxylic acids is 2. The molecule has 0 radical (unpaired) electrons. The molecule has 1 unspecified atom stereocenters. The van der Waals surface area contributed by atoms with Gasteiger partial charge in [-0.2, -0.15) is 0 Å². The highest BCUT2D eigenvalue weighted by molar-refractivity contribution is 6.52. The van der Waals surface area contributed by atoms with Crippen molar-refractivity contribution in [3.05, 3.63) is 104 Å². The Labute approximate surface area is 212 Å². The van der Waals surface area contributed by atoms with Crippen molar-refractivity contribution in [3.63, 3.8) is 0 Å². The Balaban J connectivity index is 1.97. The highest BCUT2D eigenvalue weighted by atomic mass is 35.5. The van der Waals surface area contributed by atoms with E-state index in [-0.39, 0.29) is 38.7 Å². The molecule has 2 N–H and O–H groups in total. The van der Waals surface area contributed by atoms with Crippen LogP contribution in [0.1, 0.15) is 43.5 Å². The highest BCUT2D eigenvalue weighted by Gasteiger charge is 2.48. The van der Waals surface area contributed by atoms with Crippen LogP contribution < -0.4 is 4.90 Å². The number of phenolic OH excluding ortho intramolecular Hbond substituents is 1. The Morgan fingerprint density at radius 3 is 2.31 bits per heavy atom. The van der Waals surface area contributed by atoms with Gasteiger partial charge >= 0.3 is 0 Å². The van der Waals surface area contributed by atoms with Crippen molar-refractivity contribution < 1.29 is 24.7 Å². The van der Waals surface area contributed by atoms with Crippen LogP contribution in [0.4, 0.5) is 11.4 Å². The van der Waals surface area contributed by atoms with Crippen molar-refractivity contribution in [2.75, 3.05) is 4.90 Å². The van der Waals surface area contributed by atoms with Crippen LogP contribution in [0.3, 0.4) is 0 Å². The van der Waals surface area contributed by atoms with E-state index in [1.165, 1.54) is 36.4 Å². The Morgan fingerprint density at radius 1 is 1.03 bits per heavy atom. The fourth-order valence-corrected chi connectivity index (χ4v) is 4.34. The molecule has 4 rings (SSSR count). The lowest BCUT2D eigenvalue weighted by Gasteiger charge is -2.27.